The Bertz CT molecular complexity index is 1060. The van der Waals surface area contributed by atoms with Crippen molar-refractivity contribution in [3.05, 3.63) is 11.6 Å². The highest BCUT2D eigenvalue weighted by Crippen LogP contribution is 2.77. The molecule has 0 amide bonds. The molecule has 1 saturated heterocycles. The molecular weight excluding hydrogens is 492 g/mol. The number of hydrogen-bond acceptors (Lipinski definition) is 6. The molecule has 6 heteroatoms. The number of esters is 2. The van der Waals surface area contributed by atoms with Crippen LogP contribution in [-0.4, -0.2) is 47.6 Å². The molecule has 0 bridgehead atoms. The van der Waals surface area contributed by atoms with E-state index in [1.807, 2.05) is 6.92 Å². The van der Waals surface area contributed by atoms with Crippen LogP contribution in [0.4, 0.5) is 0 Å². The van der Waals surface area contributed by atoms with E-state index in [0.717, 1.165) is 44.9 Å². The lowest BCUT2D eigenvalue weighted by atomic mass is 9.40. The molecule has 1 N–H and O–H groups in total. The lowest BCUT2D eigenvalue weighted by Gasteiger charge is -2.64. The van der Waals surface area contributed by atoms with Crippen LogP contribution in [-0.2, 0) is 23.8 Å². The normalized spacial score (nSPS) is 48.0. The van der Waals surface area contributed by atoms with E-state index in [2.05, 4.69) is 47.6 Å². The predicted molar refractivity (Wildman–Crippen MR) is 150 cm³/mol. The number of hydrogen-bond donors (Lipinski definition) is 1. The molecular formula is C33H52O6. The Morgan fingerprint density at radius 1 is 1.10 bits per heavy atom. The van der Waals surface area contributed by atoms with Crippen molar-refractivity contribution in [3.63, 3.8) is 0 Å². The Morgan fingerprint density at radius 3 is 2.41 bits per heavy atom. The van der Waals surface area contributed by atoms with Gasteiger partial charge in [-0.1, -0.05) is 59.6 Å². The first-order valence-electron chi connectivity index (χ1n) is 15.4. The van der Waals surface area contributed by atoms with Crippen molar-refractivity contribution >= 4 is 11.9 Å². The van der Waals surface area contributed by atoms with E-state index in [4.69, 9.17) is 14.2 Å². The third kappa shape index (κ3) is 3.52. The summed E-state index contributed by atoms with van der Waals surface area (Å²) in [5.41, 5.74) is -2.67. The predicted octanol–water partition coefficient (Wildman–Crippen LogP) is 6.39. The maximum absolute atomic E-state index is 14.3. The summed E-state index contributed by atoms with van der Waals surface area (Å²) in [6, 6.07) is 0. The maximum atomic E-state index is 14.3. The van der Waals surface area contributed by atoms with E-state index in [1.54, 1.807) is 7.11 Å². The summed E-state index contributed by atoms with van der Waals surface area (Å²) in [7, 11) is 1.68. The molecule has 6 nitrogen and oxygen atoms in total. The minimum absolute atomic E-state index is 0.0890. The van der Waals surface area contributed by atoms with Gasteiger partial charge in [-0.05, 0) is 86.9 Å². The fraction of sp³-hybridized carbons (Fsp3) is 0.879. The molecule has 1 heterocycles. The zero-order chi connectivity index (χ0) is 28.8. The maximum Gasteiger partial charge on any atom is 0.319 e. The highest BCUT2D eigenvalue weighted by molar-refractivity contribution is 5.86. The van der Waals surface area contributed by atoms with E-state index >= 15 is 0 Å². The monoisotopic (exact) mass is 544 g/mol. The van der Waals surface area contributed by atoms with E-state index in [9.17, 15) is 14.7 Å². The molecule has 5 unspecified atom stereocenters. The Labute approximate surface area is 235 Å². The van der Waals surface area contributed by atoms with Gasteiger partial charge in [0.25, 0.3) is 0 Å². The number of ether oxygens (including phenoxy) is 3. The van der Waals surface area contributed by atoms with Gasteiger partial charge < -0.3 is 19.3 Å². The smallest absolute Gasteiger partial charge is 0.319 e. The van der Waals surface area contributed by atoms with Gasteiger partial charge in [-0.3, -0.25) is 9.59 Å². The molecule has 4 fully saturated rings. The molecule has 220 valence electrons. The summed E-state index contributed by atoms with van der Waals surface area (Å²) in [5, 5.41) is 12.7. The van der Waals surface area contributed by atoms with Crippen LogP contribution in [0.25, 0.3) is 0 Å². The van der Waals surface area contributed by atoms with Crippen molar-refractivity contribution in [1.82, 2.24) is 0 Å². The molecule has 0 aromatic heterocycles. The molecule has 5 rings (SSSR count). The number of aliphatic hydroxyl groups is 1. The van der Waals surface area contributed by atoms with Gasteiger partial charge in [0.1, 0.15) is 22.7 Å². The molecule has 5 aliphatic rings. The fourth-order valence-electron chi connectivity index (χ4n) is 10.8. The van der Waals surface area contributed by atoms with Crippen molar-refractivity contribution < 1.29 is 28.9 Å². The summed E-state index contributed by atoms with van der Waals surface area (Å²) in [6.07, 6.45) is 9.24. The zero-order valence-electron chi connectivity index (χ0n) is 25.8. The largest absolute Gasteiger partial charge is 0.462 e. The first-order chi connectivity index (χ1) is 18.0. The van der Waals surface area contributed by atoms with Crippen LogP contribution in [0.15, 0.2) is 11.6 Å². The number of carbonyl (C=O) groups excluding carboxylic acids is 2. The molecule has 3 saturated carbocycles. The zero-order valence-corrected chi connectivity index (χ0v) is 25.8. The third-order valence-electron chi connectivity index (χ3n) is 12.8. The highest BCUT2D eigenvalue weighted by Gasteiger charge is 2.85. The molecule has 0 radical (unpaired) electrons. The van der Waals surface area contributed by atoms with Gasteiger partial charge in [-0.25, -0.2) is 0 Å². The average Bonchev–Trinajstić information content (AvgIpc) is 3.19. The first kappa shape index (κ1) is 29.1. The number of rotatable bonds is 6. The van der Waals surface area contributed by atoms with E-state index < -0.39 is 28.1 Å². The minimum atomic E-state index is -1.28. The molecule has 9 atom stereocenters. The van der Waals surface area contributed by atoms with Crippen LogP contribution in [0.3, 0.4) is 0 Å². The molecule has 4 aliphatic carbocycles. The molecule has 0 aromatic rings. The van der Waals surface area contributed by atoms with Gasteiger partial charge in [0.15, 0.2) is 0 Å². The molecule has 1 aliphatic heterocycles. The van der Waals surface area contributed by atoms with Gasteiger partial charge >= 0.3 is 11.9 Å². The van der Waals surface area contributed by atoms with Crippen molar-refractivity contribution in [3.8, 4) is 0 Å². The van der Waals surface area contributed by atoms with E-state index in [-0.39, 0.29) is 34.8 Å². The summed E-state index contributed by atoms with van der Waals surface area (Å²) >= 11 is 0. The third-order valence-corrected chi connectivity index (χ3v) is 12.8. The summed E-state index contributed by atoms with van der Waals surface area (Å²) < 4.78 is 18.4. The quantitative estimate of drug-likeness (QED) is 0.308. The molecule has 39 heavy (non-hydrogen) atoms. The van der Waals surface area contributed by atoms with Gasteiger partial charge in [-0.15, -0.1) is 0 Å². The van der Waals surface area contributed by atoms with Gasteiger partial charge in [-0.2, -0.15) is 0 Å². The Morgan fingerprint density at radius 2 is 1.79 bits per heavy atom. The number of allylic oxidation sites excluding steroid dienone is 1. The lowest BCUT2D eigenvalue weighted by Crippen LogP contribution is -2.68. The van der Waals surface area contributed by atoms with Gasteiger partial charge in [0.2, 0.25) is 0 Å². The second-order valence-corrected chi connectivity index (χ2v) is 15.3. The van der Waals surface area contributed by atoms with Crippen LogP contribution in [0.2, 0.25) is 0 Å². The first-order valence-corrected chi connectivity index (χ1v) is 15.4. The SMILES string of the molecule is CO[C@@H]1C=C2C(CCC3C2(C)CCC(OC(C)=O)C3(C)C)[C@]2(C)CC[C@@]3(O)C12C(=O)O[C@@]3(C)CCCC(C)C. The van der Waals surface area contributed by atoms with Crippen molar-refractivity contribution in [1.29, 1.82) is 0 Å². The minimum Gasteiger partial charge on any atom is -0.462 e. The van der Waals surface area contributed by atoms with Crippen molar-refractivity contribution in [2.45, 2.75) is 137 Å². The van der Waals surface area contributed by atoms with Crippen LogP contribution in [0.5, 0.6) is 0 Å². The highest BCUT2D eigenvalue weighted by atomic mass is 16.6. The fourth-order valence-corrected chi connectivity index (χ4v) is 10.8. The van der Waals surface area contributed by atoms with Crippen LogP contribution in [0, 0.1) is 39.4 Å². The number of fused-ring (bicyclic) bond motifs is 4. The van der Waals surface area contributed by atoms with Crippen molar-refractivity contribution in [2.24, 2.45) is 39.4 Å². The second-order valence-electron chi connectivity index (χ2n) is 15.3. The molecule has 0 aromatic carbocycles. The lowest BCUT2D eigenvalue weighted by molar-refractivity contribution is -0.195. The average molecular weight is 545 g/mol. The summed E-state index contributed by atoms with van der Waals surface area (Å²) in [4.78, 5) is 26.2. The second kappa shape index (κ2) is 9.05. The Balaban J connectivity index is 1.59. The summed E-state index contributed by atoms with van der Waals surface area (Å²) in [5.74, 6) is 0.595. The van der Waals surface area contributed by atoms with Crippen LogP contribution >= 0.6 is 0 Å². The van der Waals surface area contributed by atoms with Gasteiger partial charge in [0.05, 0.1) is 6.10 Å². The van der Waals surface area contributed by atoms with Crippen LogP contribution < -0.4 is 0 Å². The number of cyclic esters (lactones) is 1. The van der Waals surface area contributed by atoms with Crippen molar-refractivity contribution in [2.75, 3.05) is 7.11 Å². The Hall–Kier alpha value is -1.40. The topological polar surface area (TPSA) is 82.1 Å². The summed E-state index contributed by atoms with van der Waals surface area (Å²) in [6.45, 7) is 17.0. The number of carbonyl (C=O) groups is 2. The van der Waals surface area contributed by atoms with Gasteiger partial charge in [0, 0.05) is 19.4 Å². The molecule has 1 spiro atoms. The number of methoxy groups -OCH3 is 1. The van der Waals surface area contributed by atoms with Crippen LogP contribution in [0.1, 0.15) is 113 Å². The standard InChI is InChI=1S/C33H52O6/c1-20(2)11-10-15-31(8)32(36)18-17-30(7)22-12-13-24-28(4,5)25(38-21(3)34)14-16-29(24,6)23(22)19-26(37-9)33(30,32)27(35)39-31/h19-20,22,24-26,36H,10-18H2,1-9H3/t22?,24?,25?,26-,29?,30+,31+,32+,33?/m1/s1. The van der Waals surface area contributed by atoms with E-state index in [1.165, 1.54) is 12.5 Å². The van der Waals surface area contributed by atoms with E-state index in [0.29, 0.717) is 24.7 Å². The Kier molecular flexibility index (Phi) is 6.75.